The lowest BCUT2D eigenvalue weighted by Gasteiger charge is -2.21. The van der Waals surface area contributed by atoms with Gasteiger partial charge in [-0.1, -0.05) is 35.9 Å². The van der Waals surface area contributed by atoms with Gasteiger partial charge in [0.1, 0.15) is 17.1 Å². The van der Waals surface area contributed by atoms with Crippen molar-refractivity contribution in [3.05, 3.63) is 88.5 Å². The SMILES string of the molecule is Cc1ccc(-c2cc(C)c(C(F)(F)Oc3cc(F)c(F)c(F)c3)c(F)c2)cc1. The normalized spacial score (nSPS) is 11.6. The van der Waals surface area contributed by atoms with Crippen molar-refractivity contribution in [3.63, 3.8) is 0 Å². The number of alkyl halides is 2. The molecule has 0 saturated heterocycles. The molecule has 0 aliphatic rings. The number of ether oxygens (including phenoxy) is 1. The number of hydrogen-bond donors (Lipinski definition) is 0. The van der Waals surface area contributed by atoms with Crippen LogP contribution in [0.15, 0.2) is 48.5 Å². The van der Waals surface area contributed by atoms with Crippen LogP contribution in [0, 0.1) is 37.1 Å². The molecule has 3 aromatic carbocycles. The van der Waals surface area contributed by atoms with E-state index in [-0.39, 0.29) is 17.7 Å². The van der Waals surface area contributed by atoms with Gasteiger partial charge >= 0.3 is 6.11 Å². The van der Waals surface area contributed by atoms with E-state index in [2.05, 4.69) is 4.74 Å². The van der Waals surface area contributed by atoms with Crippen molar-refractivity contribution >= 4 is 0 Å². The van der Waals surface area contributed by atoms with Crippen LogP contribution in [0.1, 0.15) is 16.7 Å². The van der Waals surface area contributed by atoms with Crippen molar-refractivity contribution in [2.24, 2.45) is 0 Å². The molecule has 0 aliphatic heterocycles. The van der Waals surface area contributed by atoms with Crippen LogP contribution in [-0.2, 0) is 6.11 Å². The van der Waals surface area contributed by atoms with E-state index in [1.54, 1.807) is 24.3 Å². The molecular weight excluding hydrogens is 382 g/mol. The third-order valence-corrected chi connectivity index (χ3v) is 4.17. The van der Waals surface area contributed by atoms with Crippen molar-refractivity contribution in [2.75, 3.05) is 0 Å². The zero-order valence-electron chi connectivity index (χ0n) is 14.8. The number of aryl methyl sites for hydroxylation is 2. The van der Waals surface area contributed by atoms with Crippen LogP contribution in [0.4, 0.5) is 26.3 Å². The molecule has 3 rings (SSSR count). The second kappa shape index (κ2) is 7.22. The lowest BCUT2D eigenvalue weighted by molar-refractivity contribution is -0.188. The fraction of sp³-hybridized carbons (Fsp3) is 0.143. The molecule has 1 nitrogen and oxygen atoms in total. The Morgan fingerprint density at radius 2 is 1.29 bits per heavy atom. The Morgan fingerprint density at radius 1 is 0.714 bits per heavy atom. The number of hydrogen-bond acceptors (Lipinski definition) is 1. The molecule has 0 radical (unpaired) electrons. The Morgan fingerprint density at radius 3 is 1.82 bits per heavy atom. The number of rotatable bonds is 4. The molecule has 0 saturated carbocycles. The highest BCUT2D eigenvalue weighted by Gasteiger charge is 2.40. The minimum Gasteiger partial charge on any atom is -0.429 e. The van der Waals surface area contributed by atoms with E-state index in [0.717, 1.165) is 11.6 Å². The van der Waals surface area contributed by atoms with Gasteiger partial charge < -0.3 is 4.74 Å². The number of halogens is 6. The van der Waals surface area contributed by atoms with E-state index < -0.39 is 40.7 Å². The maximum absolute atomic E-state index is 14.5. The first-order valence-corrected chi connectivity index (χ1v) is 8.17. The summed E-state index contributed by atoms with van der Waals surface area (Å²) in [5.41, 5.74) is 0.799. The second-order valence-electron chi connectivity index (χ2n) is 6.34. The maximum Gasteiger partial charge on any atom is 0.429 e. The zero-order valence-corrected chi connectivity index (χ0v) is 14.8. The molecule has 0 fully saturated rings. The van der Waals surface area contributed by atoms with Crippen LogP contribution >= 0.6 is 0 Å². The molecule has 0 bridgehead atoms. The third kappa shape index (κ3) is 3.83. The van der Waals surface area contributed by atoms with Gasteiger partial charge in [0.15, 0.2) is 17.5 Å². The first-order valence-electron chi connectivity index (χ1n) is 8.17. The summed E-state index contributed by atoms with van der Waals surface area (Å²) < 4.78 is 87.3. The molecule has 0 heterocycles. The van der Waals surface area contributed by atoms with Gasteiger partial charge in [-0.3, -0.25) is 0 Å². The van der Waals surface area contributed by atoms with Gasteiger partial charge in [0, 0.05) is 12.1 Å². The number of benzene rings is 3. The largest absolute Gasteiger partial charge is 0.429 e. The lowest BCUT2D eigenvalue weighted by atomic mass is 9.98. The topological polar surface area (TPSA) is 9.23 Å². The molecule has 0 spiro atoms. The molecule has 0 unspecified atom stereocenters. The standard InChI is InChI=1S/C21H14F6O/c1-11-3-5-13(6-4-11)14-7-12(2)19(16(22)8-14)21(26,27)28-15-9-17(23)20(25)18(24)10-15/h3-10H,1-2H3. The highest BCUT2D eigenvalue weighted by Crippen LogP contribution is 2.38. The van der Waals surface area contributed by atoms with Gasteiger partial charge in [0.2, 0.25) is 0 Å². The van der Waals surface area contributed by atoms with Crippen LogP contribution in [0.25, 0.3) is 11.1 Å². The molecule has 3 aromatic rings. The van der Waals surface area contributed by atoms with Crippen LogP contribution in [0.3, 0.4) is 0 Å². The summed E-state index contributed by atoms with van der Waals surface area (Å²) in [6.07, 6.45) is -4.24. The summed E-state index contributed by atoms with van der Waals surface area (Å²) in [7, 11) is 0. The van der Waals surface area contributed by atoms with Gasteiger partial charge in [0.25, 0.3) is 0 Å². The predicted molar refractivity (Wildman–Crippen MR) is 92.1 cm³/mol. The Balaban J connectivity index is 1.99. The van der Waals surface area contributed by atoms with Crippen LogP contribution in [-0.4, -0.2) is 0 Å². The van der Waals surface area contributed by atoms with Gasteiger partial charge in [-0.15, -0.1) is 0 Å². The van der Waals surface area contributed by atoms with E-state index in [0.29, 0.717) is 11.1 Å². The highest BCUT2D eigenvalue weighted by molar-refractivity contribution is 5.65. The first kappa shape index (κ1) is 19.8. The average molecular weight is 396 g/mol. The smallest absolute Gasteiger partial charge is 0.429 e. The van der Waals surface area contributed by atoms with Crippen LogP contribution < -0.4 is 4.74 Å². The van der Waals surface area contributed by atoms with Crippen LogP contribution in [0.2, 0.25) is 0 Å². The Hall–Kier alpha value is -2.96. The fourth-order valence-electron chi connectivity index (χ4n) is 2.82. The second-order valence-corrected chi connectivity index (χ2v) is 6.34. The fourth-order valence-corrected chi connectivity index (χ4v) is 2.82. The average Bonchev–Trinajstić information content (AvgIpc) is 2.59. The van der Waals surface area contributed by atoms with Gasteiger partial charge in [-0.2, -0.15) is 8.78 Å². The summed E-state index contributed by atoms with van der Waals surface area (Å²) in [5.74, 6) is -7.43. The van der Waals surface area contributed by atoms with Crippen molar-refractivity contribution in [2.45, 2.75) is 20.0 Å². The monoisotopic (exact) mass is 396 g/mol. The van der Waals surface area contributed by atoms with Crippen LogP contribution in [0.5, 0.6) is 5.75 Å². The molecule has 0 atom stereocenters. The van der Waals surface area contributed by atoms with E-state index in [1.165, 1.54) is 13.0 Å². The van der Waals surface area contributed by atoms with E-state index in [1.807, 2.05) is 6.92 Å². The summed E-state index contributed by atoms with van der Waals surface area (Å²) in [4.78, 5) is 0. The summed E-state index contributed by atoms with van der Waals surface area (Å²) >= 11 is 0. The molecule has 0 N–H and O–H groups in total. The highest BCUT2D eigenvalue weighted by atomic mass is 19.3. The van der Waals surface area contributed by atoms with Gasteiger partial charge in [-0.05, 0) is 36.6 Å². The maximum atomic E-state index is 14.5. The van der Waals surface area contributed by atoms with E-state index >= 15 is 0 Å². The quantitative estimate of drug-likeness (QED) is 0.354. The first-order chi connectivity index (χ1) is 13.1. The van der Waals surface area contributed by atoms with Crippen molar-refractivity contribution < 1.29 is 31.1 Å². The minimum absolute atomic E-state index is 0.122. The molecule has 7 heteroatoms. The van der Waals surface area contributed by atoms with Crippen molar-refractivity contribution in [1.82, 2.24) is 0 Å². The molecule has 146 valence electrons. The van der Waals surface area contributed by atoms with Gasteiger partial charge in [0.05, 0.1) is 0 Å². The molecule has 0 amide bonds. The summed E-state index contributed by atoms with van der Waals surface area (Å²) in [6, 6.07) is 9.85. The summed E-state index contributed by atoms with van der Waals surface area (Å²) in [5, 5.41) is 0. The minimum atomic E-state index is -4.24. The van der Waals surface area contributed by atoms with Crippen molar-refractivity contribution in [1.29, 1.82) is 0 Å². The molecular formula is C21H14F6O. The molecule has 28 heavy (non-hydrogen) atoms. The third-order valence-electron chi connectivity index (χ3n) is 4.17. The Kier molecular flexibility index (Phi) is 5.10. The molecule has 0 aromatic heterocycles. The Labute approximate surface area is 157 Å². The van der Waals surface area contributed by atoms with Crippen molar-refractivity contribution in [3.8, 4) is 16.9 Å². The Bertz CT molecular complexity index is 982. The summed E-state index contributed by atoms with van der Waals surface area (Å²) in [6.45, 7) is 3.14. The zero-order chi connectivity index (χ0) is 20.6. The predicted octanol–water partition coefficient (Wildman–Crippen LogP) is 6.66. The van der Waals surface area contributed by atoms with Gasteiger partial charge in [-0.25, -0.2) is 17.6 Å². The van der Waals surface area contributed by atoms with E-state index in [4.69, 9.17) is 0 Å². The molecule has 0 aliphatic carbocycles. The van der Waals surface area contributed by atoms with E-state index in [9.17, 15) is 26.3 Å². The lowest BCUT2D eigenvalue weighted by Crippen LogP contribution is -2.25.